The Hall–Kier alpha value is -1.75. The third-order valence-electron chi connectivity index (χ3n) is 3.21. The highest BCUT2D eigenvalue weighted by molar-refractivity contribution is 7.97. The van der Waals surface area contributed by atoms with E-state index in [4.69, 9.17) is 4.42 Å². The summed E-state index contributed by atoms with van der Waals surface area (Å²) in [5.41, 5.74) is 1.65. The van der Waals surface area contributed by atoms with Crippen LogP contribution in [0.5, 0.6) is 0 Å². The molecule has 0 fully saturated rings. The zero-order valence-electron chi connectivity index (χ0n) is 12.0. The molecule has 2 aromatic carbocycles. The van der Waals surface area contributed by atoms with Crippen molar-refractivity contribution in [2.45, 2.75) is 11.0 Å². The molecule has 3 aromatic rings. The topological polar surface area (TPSA) is 36.6 Å². The van der Waals surface area contributed by atoms with E-state index in [9.17, 15) is 5.11 Å². The van der Waals surface area contributed by atoms with Crippen molar-refractivity contribution in [3.8, 4) is 0 Å². The van der Waals surface area contributed by atoms with Crippen molar-refractivity contribution in [1.82, 2.24) is 4.31 Å². The van der Waals surface area contributed by atoms with Crippen LogP contribution in [0.15, 0.2) is 63.9 Å². The average Bonchev–Trinajstić information content (AvgIpc) is 2.90. The highest BCUT2D eigenvalue weighted by Gasteiger charge is 2.19. The van der Waals surface area contributed by atoms with Crippen LogP contribution in [0.2, 0.25) is 0 Å². The van der Waals surface area contributed by atoms with Crippen molar-refractivity contribution in [3.05, 3.63) is 65.9 Å². The van der Waals surface area contributed by atoms with Crippen LogP contribution in [0, 0.1) is 0 Å². The summed E-state index contributed by atoms with van der Waals surface area (Å²) in [5.74, 6) is 0.572. The quantitative estimate of drug-likeness (QED) is 0.736. The van der Waals surface area contributed by atoms with Gasteiger partial charge in [-0.15, -0.1) is 0 Å². The first-order chi connectivity index (χ1) is 10.1. The number of fused-ring (bicyclic) bond motifs is 1. The highest BCUT2D eigenvalue weighted by atomic mass is 32.2. The van der Waals surface area contributed by atoms with Gasteiger partial charge in [-0.3, -0.25) is 4.31 Å². The van der Waals surface area contributed by atoms with E-state index in [1.807, 2.05) is 73.0 Å². The maximum atomic E-state index is 10.7. The van der Waals surface area contributed by atoms with E-state index < -0.39 is 6.10 Å². The van der Waals surface area contributed by atoms with Crippen LogP contribution in [-0.4, -0.2) is 23.5 Å². The van der Waals surface area contributed by atoms with Crippen LogP contribution in [0.25, 0.3) is 11.0 Å². The lowest BCUT2D eigenvalue weighted by Crippen LogP contribution is -2.04. The molecule has 3 rings (SSSR count). The SMILES string of the molecule is CN(C)Sc1ccccc1C(O)c1cc2ccccc2o1. The fourth-order valence-electron chi connectivity index (χ4n) is 2.28. The summed E-state index contributed by atoms with van der Waals surface area (Å²) < 4.78 is 7.78. The maximum absolute atomic E-state index is 10.7. The molecule has 0 saturated carbocycles. The molecular weight excluding hydrogens is 282 g/mol. The van der Waals surface area contributed by atoms with Gasteiger partial charge in [-0.1, -0.05) is 36.4 Å². The molecule has 0 bridgehead atoms. The first-order valence-corrected chi connectivity index (χ1v) is 7.53. The van der Waals surface area contributed by atoms with Gasteiger partial charge >= 0.3 is 0 Å². The molecule has 0 amide bonds. The van der Waals surface area contributed by atoms with E-state index in [-0.39, 0.29) is 0 Å². The molecule has 0 aliphatic rings. The molecule has 0 aliphatic heterocycles. The number of rotatable bonds is 4. The van der Waals surface area contributed by atoms with Crippen molar-refractivity contribution in [1.29, 1.82) is 0 Å². The van der Waals surface area contributed by atoms with Crippen molar-refractivity contribution >= 4 is 22.9 Å². The summed E-state index contributed by atoms with van der Waals surface area (Å²) in [6, 6.07) is 17.5. The second-order valence-corrected chi connectivity index (χ2v) is 6.38. The Kier molecular flexibility index (Phi) is 4.01. The number of nitrogens with zero attached hydrogens (tertiary/aromatic N) is 1. The Labute approximate surface area is 128 Å². The van der Waals surface area contributed by atoms with Gasteiger partial charge in [0.25, 0.3) is 0 Å². The first-order valence-electron chi connectivity index (χ1n) is 6.76. The molecule has 21 heavy (non-hydrogen) atoms. The number of benzene rings is 2. The van der Waals surface area contributed by atoms with E-state index in [2.05, 4.69) is 0 Å². The summed E-state index contributed by atoms with van der Waals surface area (Å²) in [6.45, 7) is 0. The molecule has 1 aromatic heterocycles. The number of para-hydroxylation sites is 1. The van der Waals surface area contributed by atoms with Crippen LogP contribution in [0.1, 0.15) is 17.4 Å². The summed E-state index contributed by atoms with van der Waals surface area (Å²) >= 11 is 1.59. The van der Waals surface area contributed by atoms with Crippen molar-refractivity contribution in [2.75, 3.05) is 14.1 Å². The molecular formula is C17H17NO2S. The fourth-order valence-corrected chi connectivity index (χ4v) is 3.09. The van der Waals surface area contributed by atoms with Crippen LogP contribution in [-0.2, 0) is 0 Å². The molecule has 0 aliphatic carbocycles. The van der Waals surface area contributed by atoms with E-state index in [1.54, 1.807) is 11.9 Å². The Morgan fingerprint density at radius 1 is 1.05 bits per heavy atom. The van der Waals surface area contributed by atoms with Crippen molar-refractivity contribution < 1.29 is 9.52 Å². The average molecular weight is 299 g/mol. The van der Waals surface area contributed by atoms with Gasteiger partial charge in [0.1, 0.15) is 17.4 Å². The lowest BCUT2D eigenvalue weighted by molar-refractivity contribution is 0.189. The zero-order valence-corrected chi connectivity index (χ0v) is 12.8. The molecule has 1 heterocycles. The Morgan fingerprint density at radius 3 is 2.52 bits per heavy atom. The zero-order chi connectivity index (χ0) is 14.8. The minimum Gasteiger partial charge on any atom is -0.458 e. The Balaban J connectivity index is 1.99. The predicted octanol–water partition coefficient (Wildman–Crippen LogP) is 4.08. The third kappa shape index (κ3) is 2.97. The molecule has 1 atom stereocenters. The number of aliphatic hydroxyl groups excluding tert-OH is 1. The number of hydrogen-bond donors (Lipinski definition) is 1. The second-order valence-electron chi connectivity index (χ2n) is 5.03. The van der Waals surface area contributed by atoms with E-state index >= 15 is 0 Å². The van der Waals surface area contributed by atoms with E-state index in [0.29, 0.717) is 5.76 Å². The minimum absolute atomic E-state index is 0.572. The van der Waals surface area contributed by atoms with Gasteiger partial charge in [0.2, 0.25) is 0 Å². The molecule has 108 valence electrons. The summed E-state index contributed by atoms with van der Waals surface area (Å²) in [4.78, 5) is 1.02. The van der Waals surface area contributed by atoms with Gasteiger partial charge in [-0.05, 0) is 44.2 Å². The molecule has 4 heteroatoms. The summed E-state index contributed by atoms with van der Waals surface area (Å²) in [5, 5.41) is 11.7. The highest BCUT2D eigenvalue weighted by Crippen LogP contribution is 2.34. The molecule has 1 unspecified atom stereocenters. The normalized spacial score (nSPS) is 13.0. The lowest BCUT2D eigenvalue weighted by Gasteiger charge is -2.15. The second kappa shape index (κ2) is 5.93. The standard InChI is InChI=1S/C17H17NO2S/c1-18(2)21-16-10-6-4-8-13(16)17(19)15-11-12-7-3-5-9-14(12)20-15/h3-11,17,19H,1-2H3. The number of hydrogen-bond acceptors (Lipinski definition) is 4. The van der Waals surface area contributed by atoms with Gasteiger partial charge in [0, 0.05) is 15.8 Å². The molecule has 1 N–H and O–H groups in total. The fraction of sp³-hybridized carbons (Fsp3) is 0.176. The van der Waals surface area contributed by atoms with Gasteiger partial charge in [0.15, 0.2) is 0 Å². The molecule has 0 saturated heterocycles. The third-order valence-corrected chi connectivity index (χ3v) is 4.14. The molecule has 0 spiro atoms. The summed E-state index contributed by atoms with van der Waals surface area (Å²) in [6.07, 6.45) is -0.763. The monoisotopic (exact) mass is 299 g/mol. The Morgan fingerprint density at radius 2 is 1.76 bits per heavy atom. The van der Waals surface area contributed by atoms with Crippen molar-refractivity contribution in [3.63, 3.8) is 0 Å². The van der Waals surface area contributed by atoms with Gasteiger partial charge in [0.05, 0.1) is 0 Å². The van der Waals surface area contributed by atoms with E-state index in [1.165, 1.54) is 0 Å². The van der Waals surface area contributed by atoms with Crippen LogP contribution in [0.4, 0.5) is 0 Å². The smallest absolute Gasteiger partial charge is 0.138 e. The summed E-state index contributed by atoms with van der Waals surface area (Å²) in [7, 11) is 3.96. The lowest BCUT2D eigenvalue weighted by atomic mass is 10.1. The minimum atomic E-state index is -0.763. The van der Waals surface area contributed by atoms with Gasteiger partial charge < -0.3 is 9.52 Å². The van der Waals surface area contributed by atoms with Crippen LogP contribution >= 0.6 is 11.9 Å². The van der Waals surface area contributed by atoms with Gasteiger partial charge in [-0.2, -0.15) is 0 Å². The van der Waals surface area contributed by atoms with E-state index in [0.717, 1.165) is 21.4 Å². The number of aliphatic hydroxyl groups is 1. The largest absolute Gasteiger partial charge is 0.458 e. The van der Waals surface area contributed by atoms with Crippen LogP contribution < -0.4 is 0 Å². The molecule has 0 radical (unpaired) electrons. The van der Waals surface area contributed by atoms with Crippen LogP contribution in [0.3, 0.4) is 0 Å². The number of furan rings is 1. The Bertz CT molecular complexity index is 718. The maximum Gasteiger partial charge on any atom is 0.138 e. The predicted molar refractivity (Wildman–Crippen MR) is 86.3 cm³/mol. The van der Waals surface area contributed by atoms with Crippen molar-refractivity contribution in [2.24, 2.45) is 0 Å². The first kappa shape index (κ1) is 14.2. The van der Waals surface area contributed by atoms with Gasteiger partial charge in [-0.25, -0.2) is 0 Å². The molecule has 3 nitrogen and oxygen atoms in total.